The van der Waals surface area contributed by atoms with Gasteiger partial charge in [0, 0.05) is 22.4 Å². The molecule has 3 heteroatoms. The Kier molecular flexibility index (Phi) is 4.64. The number of thiazole rings is 1. The molecule has 0 spiro atoms. The zero-order valence-corrected chi connectivity index (χ0v) is 15.1. The van der Waals surface area contributed by atoms with Crippen molar-refractivity contribution in [2.24, 2.45) is 0 Å². The molecule has 0 saturated carbocycles. The summed E-state index contributed by atoms with van der Waals surface area (Å²) in [6, 6.07) is 26.9. The van der Waals surface area contributed by atoms with E-state index < -0.39 is 0 Å². The smallest absolute Gasteiger partial charge is 0.0977 e. The number of benzene rings is 3. The fourth-order valence-corrected chi connectivity index (χ4v) is 3.82. The summed E-state index contributed by atoms with van der Waals surface area (Å²) >= 11 is 7.93. The highest BCUT2D eigenvalue weighted by Gasteiger charge is 2.08. The lowest BCUT2D eigenvalue weighted by atomic mass is 10.0. The Balaban J connectivity index is 1.55. The third-order valence-corrected chi connectivity index (χ3v) is 5.36. The number of aromatic nitrogens is 1. The first-order chi connectivity index (χ1) is 12.3. The van der Waals surface area contributed by atoms with E-state index in [1.54, 1.807) is 11.3 Å². The Morgan fingerprint density at radius 1 is 0.720 bits per heavy atom. The first-order valence-corrected chi connectivity index (χ1v) is 9.39. The molecule has 25 heavy (non-hydrogen) atoms. The third-order valence-electron chi connectivity index (χ3n) is 4.14. The quantitative estimate of drug-likeness (QED) is 0.393. The molecule has 0 atom stereocenters. The molecule has 0 fully saturated rings. The SMILES string of the molecule is Clc1ccccc1Cc1nc(-c2ccc(-c3ccccc3)cc2)cs1. The van der Waals surface area contributed by atoms with Gasteiger partial charge in [-0.2, -0.15) is 0 Å². The normalized spacial score (nSPS) is 10.8. The van der Waals surface area contributed by atoms with Crippen LogP contribution in [0.1, 0.15) is 10.6 Å². The molecule has 0 radical (unpaired) electrons. The Bertz CT molecular complexity index is 974. The van der Waals surface area contributed by atoms with E-state index in [0.29, 0.717) is 0 Å². The second-order valence-electron chi connectivity index (χ2n) is 5.84. The fraction of sp³-hybridized carbons (Fsp3) is 0.0455. The van der Waals surface area contributed by atoms with Gasteiger partial charge in [-0.15, -0.1) is 11.3 Å². The Morgan fingerprint density at radius 2 is 1.36 bits per heavy atom. The van der Waals surface area contributed by atoms with Crippen molar-refractivity contribution in [3.8, 4) is 22.4 Å². The van der Waals surface area contributed by atoms with Gasteiger partial charge in [0.2, 0.25) is 0 Å². The maximum Gasteiger partial charge on any atom is 0.0977 e. The monoisotopic (exact) mass is 361 g/mol. The minimum atomic E-state index is 0.770. The molecule has 1 heterocycles. The molecule has 4 aromatic rings. The van der Waals surface area contributed by atoms with E-state index in [0.717, 1.165) is 33.3 Å². The van der Waals surface area contributed by atoms with Crippen molar-refractivity contribution in [2.45, 2.75) is 6.42 Å². The Hall–Kier alpha value is -2.42. The van der Waals surface area contributed by atoms with Crippen LogP contribution in [0.5, 0.6) is 0 Å². The summed E-state index contributed by atoms with van der Waals surface area (Å²) < 4.78 is 0. The summed E-state index contributed by atoms with van der Waals surface area (Å²) in [5.74, 6) is 0. The first kappa shape index (κ1) is 16.1. The highest BCUT2D eigenvalue weighted by atomic mass is 35.5. The van der Waals surface area contributed by atoms with Crippen LogP contribution in [0.4, 0.5) is 0 Å². The van der Waals surface area contributed by atoms with Crippen molar-refractivity contribution in [2.75, 3.05) is 0 Å². The molecular formula is C22H16ClNS. The van der Waals surface area contributed by atoms with E-state index in [1.807, 2.05) is 24.3 Å². The fourth-order valence-electron chi connectivity index (χ4n) is 2.79. The van der Waals surface area contributed by atoms with Gasteiger partial charge in [0.1, 0.15) is 0 Å². The number of halogens is 1. The second kappa shape index (κ2) is 7.22. The van der Waals surface area contributed by atoms with Crippen molar-refractivity contribution >= 4 is 22.9 Å². The predicted octanol–water partition coefficient (Wildman–Crippen LogP) is 6.72. The van der Waals surface area contributed by atoms with Crippen LogP contribution in [0.25, 0.3) is 22.4 Å². The molecule has 0 aliphatic heterocycles. The number of rotatable bonds is 4. The van der Waals surface area contributed by atoms with Crippen molar-refractivity contribution in [3.63, 3.8) is 0 Å². The average molecular weight is 362 g/mol. The van der Waals surface area contributed by atoms with Gasteiger partial charge < -0.3 is 0 Å². The summed E-state index contributed by atoms with van der Waals surface area (Å²) in [5.41, 5.74) is 5.72. The molecule has 0 unspecified atom stereocenters. The van der Waals surface area contributed by atoms with Gasteiger partial charge in [-0.25, -0.2) is 4.98 Å². The highest BCUT2D eigenvalue weighted by Crippen LogP contribution is 2.27. The van der Waals surface area contributed by atoms with Crippen molar-refractivity contribution in [1.29, 1.82) is 0 Å². The van der Waals surface area contributed by atoms with Crippen LogP contribution in [0.2, 0.25) is 5.02 Å². The molecule has 122 valence electrons. The molecule has 1 nitrogen and oxygen atoms in total. The molecule has 0 N–H and O–H groups in total. The predicted molar refractivity (Wildman–Crippen MR) is 107 cm³/mol. The van der Waals surface area contributed by atoms with E-state index in [2.05, 4.69) is 60.0 Å². The standard InChI is InChI=1S/C22H16ClNS/c23-20-9-5-4-8-19(20)14-22-24-21(15-25-22)18-12-10-17(11-13-18)16-6-2-1-3-7-16/h1-13,15H,14H2. The van der Waals surface area contributed by atoms with Gasteiger partial charge in [0.15, 0.2) is 0 Å². The maximum absolute atomic E-state index is 6.25. The zero-order chi connectivity index (χ0) is 17.1. The minimum absolute atomic E-state index is 0.770. The van der Waals surface area contributed by atoms with E-state index >= 15 is 0 Å². The third kappa shape index (κ3) is 3.65. The largest absolute Gasteiger partial charge is 0.241 e. The maximum atomic E-state index is 6.25. The Morgan fingerprint density at radius 3 is 2.12 bits per heavy atom. The van der Waals surface area contributed by atoms with E-state index in [1.165, 1.54) is 11.1 Å². The van der Waals surface area contributed by atoms with Gasteiger partial charge in [-0.05, 0) is 22.8 Å². The van der Waals surface area contributed by atoms with Crippen molar-refractivity contribution < 1.29 is 0 Å². The highest BCUT2D eigenvalue weighted by molar-refractivity contribution is 7.10. The van der Waals surface area contributed by atoms with Crippen LogP contribution < -0.4 is 0 Å². The number of hydrogen-bond acceptors (Lipinski definition) is 2. The number of nitrogens with zero attached hydrogens (tertiary/aromatic N) is 1. The molecule has 3 aromatic carbocycles. The molecule has 4 rings (SSSR count). The summed E-state index contributed by atoms with van der Waals surface area (Å²) in [6.45, 7) is 0. The molecule has 0 saturated heterocycles. The van der Waals surface area contributed by atoms with Gasteiger partial charge in [-0.3, -0.25) is 0 Å². The summed E-state index contributed by atoms with van der Waals surface area (Å²) in [7, 11) is 0. The van der Waals surface area contributed by atoms with E-state index in [9.17, 15) is 0 Å². The van der Waals surface area contributed by atoms with Crippen LogP contribution in [0, 0.1) is 0 Å². The Labute approximate surface area is 156 Å². The van der Waals surface area contributed by atoms with Crippen LogP contribution >= 0.6 is 22.9 Å². The summed E-state index contributed by atoms with van der Waals surface area (Å²) in [6.07, 6.45) is 0.770. The second-order valence-corrected chi connectivity index (χ2v) is 7.19. The molecule has 0 bridgehead atoms. The van der Waals surface area contributed by atoms with Crippen LogP contribution in [-0.4, -0.2) is 4.98 Å². The van der Waals surface area contributed by atoms with E-state index in [4.69, 9.17) is 16.6 Å². The van der Waals surface area contributed by atoms with E-state index in [-0.39, 0.29) is 0 Å². The lowest BCUT2D eigenvalue weighted by Crippen LogP contribution is -1.88. The summed E-state index contributed by atoms with van der Waals surface area (Å²) in [5, 5.41) is 3.99. The van der Waals surface area contributed by atoms with Crippen LogP contribution in [0.15, 0.2) is 84.2 Å². The van der Waals surface area contributed by atoms with Crippen LogP contribution in [0.3, 0.4) is 0 Å². The van der Waals surface area contributed by atoms with Gasteiger partial charge in [0.25, 0.3) is 0 Å². The topological polar surface area (TPSA) is 12.9 Å². The van der Waals surface area contributed by atoms with Crippen molar-refractivity contribution in [3.05, 3.63) is 99.8 Å². The molecule has 0 aliphatic rings. The van der Waals surface area contributed by atoms with Gasteiger partial charge in [-0.1, -0.05) is 84.4 Å². The molecule has 0 aliphatic carbocycles. The molecular weight excluding hydrogens is 346 g/mol. The van der Waals surface area contributed by atoms with Gasteiger partial charge >= 0.3 is 0 Å². The molecule has 1 aromatic heterocycles. The summed E-state index contributed by atoms with van der Waals surface area (Å²) in [4.78, 5) is 4.78. The molecule has 0 amide bonds. The van der Waals surface area contributed by atoms with Crippen molar-refractivity contribution in [1.82, 2.24) is 4.98 Å². The zero-order valence-electron chi connectivity index (χ0n) is 13.5. The number of hydrogen-bond donors (Lipinski definition) is 0. The lowest BCUT2D eigenvalue weighted by Gasteiger charge is -2.03. The lowest BCUT2D eigenvalue weighted by molar-refractivity contribution is 1.14. The minimum Gasteiger partial charge on any atom is -0.241 e. The van der Waals surface area contributed by atoms with Gasteiger partial charge in [0.05, 0.1) is 10.7 Å². The first-order valence-electron chi connectivity index (χ1n) is 8.13. The van der Waals surface area contributed by atoms with Crippen LogP contribution in [-0.2, 0) is 6.42 Å². The average Bonchev–Trinajstić information content (AvgIpc) is 3.13.